The molecule has 1 saturated heterocycles. The predicted octanol–water partition coefficient (Wildman–Crippen LogP) is 5.05. The smallest absolute Gasteiger partial charge is 0.261 e. The zero-order chi connectivity index (χ0) is 22.0. The van der Waals surface area contributed by atoms with E-state index < -0.39 is 0 Å². The van der Waals surface area contributed by atoms with Crippen LogP contribution in [0.4, 0.5) is 0 Å². The van der Waals surface area contributed by atoms with Crippen LogP contribution in [0.15, 0.2) is 42.5 Å². The number of carbonyl (C=O) groups excluding carboxylic acids is 1. The molecule has 3 aromatic rings. The van der Waals surface area contributed by atoms with Crippen molar-refractivity contribution in [1.82, 2.24) is 10.2 Å². The lowest BCUT2D eigenvalue weighted by molar-refractivity contribution is 0.0966. The van der Waals surface area contributed by atoms with E-state index in [1.165, 1.54) is 21.2 Å². The van der Waals surface area contributed by atoms with Gasteiger partial charge in [0.25, 0.3) is 5.91 Å². The van der Waals surface area contributed by atoms with Crippen LogP contribution in [0.3, 0.4) is 0 Å². The van der Waals surface area contributed by atoms with Gasteiger partial charge in [-0.05, 0) is 61.5 Å². The molecule has 0 bridgehead atoms. The van der Waals surface area contributed by atoms with Crippen LogP contribution >= 0.6 is 11.3 Å². The number of nitrogens with zero attached hydrogens (tertiary/aromatic N) is 1. The molecule has 1 fully saturated rings. The molecule has 164 valence electrons. The summed E-state index contributed by atoms with van der Waals surface area (Å²) in [5.74, 6) is 1.92. The lowest BCUT2D eigenvalue weighted by Gasteiger charge is -2.19. The van der Waals surface area contributed by atoms with Gasteiger partial charge in [0.05, 0.1) is 18.1 Å². The molecule has 31 heavy (non-hydrogen) atoms. The Morgan fingerprint density at radius 1 is 1.23 bits per heavy atom. The van der Waals surface area contributed by atoms with Crippen LogP contribution in [0, 0.1) is 0 Å². The number of thiophene rings is 1. The highest BCUT2D eigenvalue weighted by Crippen LogP contribution is 2.40. The van der Waals surface area contributed by atoms with Crippen LogP contribution in [0.2, 0.25) is 0 Å². The van der Waals surface area contributed by atoms with Crippen molar-refractivity contribution in [2.75, 3.05) is 27.2 Å². The zero-order valence-corrected chi connectivity index (χ0v) is 19.4. The van der Waals surface area contributed by atoms with Crippen LogP contribution in [0.1, 0.15) is 47.0 Å². The van der Waals surface area contributed by atoms with Gasteiger partial charge in [-0.3, -0.25) is 9.69 Å². The van der Waals surface area contributed by atoms with E-state index in [0.29, 0.717) is 5.92 Å². The number of hydrogen-bond acceptors (Lipinski definition) is 5. The lowest BCUT2D eigenvalue weighted by Crippen LogP contribution is -2.21. The monoisotopic (exact) mass is 438 g/mol. The fourth-order valence-corrected chi connectivity index (χ4v) is 5.62. The fourth-order valence-electron chi connectivity index (χ4n) is 4.39. The third kappa shape index (κ3) is 4.55. The number of hydrogen-bond donors (Lipinski definition) is 1. The summed E-state index contributed by atoms with van der Waals surface area (Å²) in [5, 5.41) is 4.04. The van der Waals surface area contributed by atoms with Gasteiger partial charge in [-0.2, -0.15) is 0 Å². The third-order valence-electron chi connectivity index (χ3n) is 5.74. The molecule has 6 heteroatoms. The van der Waals surface area contributed by atoms with E-state index in [2.05, 4.69) is 40.5 Å². The second kappa shape index (κ2) is 9.28. The Balaban J connectivity index is 1.55. The van der Waals surface area contributed by atoms with Crippen molar-refractivity contribution >= 4 is 27.3 Å². The van der Waals surface area contributed by atoms with E-state index in [0.717, 1.165) is 42.4 Å². The Morgan fingerprint density at radius 3 is 2.77 bits per heavy atom. The van der Waals surface area contributed by atoms with Crippen molar-refractivity contribution in [3.05, 3.63) is 58.5 Å². The molecule has 0 radical (unpaired) electrons. The number of fused-ring (bicyclic) bond motifs is 1. The molecule has 0 unspecified atom stereocenters. The topological polar surface area (TPSA) is 50.8 Å². The van der Waals surface area contributed by atoms with E-state index in [9.17, 15) is 4.79 Å². The first-order valence-corrected chi connectivity index (χ1v) is 11.6. The number of amides is 1. The van der Waals surface area contributed by atoms with Crippen molar-refractivity contribution in [3.63, 3.8) is 0 Å². The Labute approximate surface area is 188 Å². The van der Waals surface area contributed by atoms with E-state index in [1.54, 1.807) is 25.5 Å². The summed E-state index contributed by atoms with van der Waals surface area (Å²) < 4.78 is 12.6. The second-order valence-electron chi connectivity index (χ2n) is 8.29. The minimum absolute atomic E-state index is 0.0141. The Hall–Kier alpha value is -2.57. The lowest BCUT2D eigenvalue weighted by atomic mass is 9.95. The molecule has 1 aliphatic heterocycles. The first-order chi connectivity index (χ1) is 15.0. The number of carbonyl (C=O) groups is 1. The van der Waals surface area contributed by atoms with Crippen LogP contribution < -0.4 is 14.8 Å². The standard InChI is InChI=1S/C25H30N2O3S/c1-16(2)30-21-13-17(9-10-20(21)29-4)14-27-12-11-18(15-27)23-19-7-5-6-8-22(19)31-24(23)25(28)26-3/h5-10,13,16,18H,11-12,14-15H2,1-4H3,(H,26,28)/t18-/m1/s1. The maximum absolute atomic E-state index is 12.6. The summed E-state index contributed by atoms with van der Waals surface area (Å²) in [5.41, 5.74) is 2.42. The van der Waals surface area contributed by atoms with Crippen molar-refractivity contribution in [2.45, 2.75) is 38.8 Å². The molecular formula is C25H30N2O3S. The molecule has 1 N–H and O–H groups in total. The Bertz CT molecular complexity index is 1080. The van der Waals surface area contributed by atoms with Gasteiger partial charge in [0.1, 0.15) is 0 Å². The first-order valence-electron chi connectivity index (χ1n) is 10.8. The maximum atomic E-state index is 12.6. The number of ether oxygens (including phenoxy) is 2. The number of methoxy groups -OCH3 is 1. The molecule has 4 rings (SSSR count). The van der Waals surface area contributed by atoms with Crippen molar-refractivity contribution in [1.29, 1.82) is 0 Å². The van der Waals surface area contributed by atoms with Crippen LogP contribution in [-0.4, -0.2) is 44.2 Å². The average Bonchev–Trinajstić information content (AvgIpc) is 3.37. The van der Waals surface area contributed by atoms with Crippen LogP contribution in [0.5, 0.6) is 11.5 Å². The molecule has 0 spiro atoms. The summed E-state index contributed by atoms with van der Waals surface area (Å²) >= 11 is 1.60. The van der Waals surface area contributed by atoms with Crippen LogP contribution in [0.25, 0.3) is 10.1 Å². The van der Waals surface area contributed by atoms with Crippen molar-refractivity contribution in [3.8, 4) is 11.5 Å². The number of likely N-dealkylation sites (tertiary alicyclic amines) is 1. The van der Waals surface area contributed by atoms with E-state index in [-0.39, 0.29) is 12.0 Å². The van der Waals surface area contributed by atoms with Gasteiger partial charge in [-0.15, -0.1) is 11.3 Å². The highest BCUT2D eigenvalue weighted by Gasteiger charge is 2.30. The minimum Gasteiger partial charge on any atom is -0.493 e. The van der Waals surface area contributed by atoms with Crippen molar-refractivity contribution < 1.29 is 14.3 Å². The van der Waals surface area contributed by atoms with Gasteiger partial charge in [-0.1, -0.05) is 24.3 Å². The molecule has 0 saturated carbocycles. The minimum atomic E-state index is 0.0141. The summed E-state index contributed by atoms with van der Waals surface area (Å²) in [6, 6.07) is 14.5. The normalized spacial score (nSPS) is 16.7. The van der Waals surface area contributed by atoms with Gasteiger partial charge in [0.15, 0.2) is 11.5 Å². The number of benzene rings is 2. The van der Waals surface area contributed by atoms with Gasteiger partial charge in [-0.25, -0.2) is 0 Å². The molecule has 1 aliphatic rings. The Morgan fingerprint density at radius 2 is 2.03 bits per heavy atom. The van der Waals surface area contributed by atoms with Crippen molar-refractivity contribution in [2.24, 2.45) is 0 Å². The van der Waals surface area contributed by atoms with E-state index in [1.807, 2.05) is 26.0 Å². The third-order valence-corrected chi connectivity index (χ3v) is 6.93. The molecule has 1 amide bonds. The first kappa shape index (κ1) is 21.7. The molecular weight excluding hydrogens is 408 g/mol. The SMILES string of the molecule is CNC(=O)c1sc2ccccc2c1[C@@H]1CCN(Cc2ccc(OC)c(OC(C)C)c2)C1. The van der Waals surface area contributed by atoms with Gasteiger partial charge in [0.2, 0.25) is 0 Å². The van der Waals surface area contributed by atoms with Gasteiger partial charge in [0, 0.05) is 30.8 Å². The molecule has 1 atom stereocenters. The summed E-state index contributed by atoms with van der Waals surface area (Å²) in [4.78, 5) is 15.9. The average molecular weight is 439 g/mol. The van der Waals surface area contributed by atoms with E-state index >= 15 is 0 Å². The van der Waals surface area contributed by atoms with E-state index in [4.69, 9.17) is 9.47 Å². The largest absolute Gasteiger partial charge is 0.493 e. The number of rotatable bonds is 7. The van der Waals surface area contributed by atoms with Gasteiger partial charge < -0.3 is 14.8 Å². The second-order valence-corrected chi connectivity index (χ2v) is 9.34. The quantitative estimate of drug-likeness (QED) is 0.561. The fraction of sp³-hybridized carbons (Fsp3) is 0.400. The van der Waals surface area contributed by atoms with Gasteiger partial charge >= 0.3 is 0 Å². The molecule has 5 nitrogen and oxygen atoms in total. The molecule has 1 aromatic heterocycles. The highest BCUT2D eigenvalue weighted by molar-refractivity contribution is 7.21. The zero-order valence-electron chi connectivity index (χ0n) is 18.6. The molecule has 2 heterocycles. The molecule has 0 aliphatic carbocycles. The highest BCUT2D eigenvalue weighted by atomic mass is 32.1. The molecule has 2 aromatic carbocycles. The number of nitrogens with one attached hydrogen (secondary N) is 1. The Kier molecular flexibility index (Phi) is 6.49. The summed E-state index contributed by atoms with van der Waals surface area (Å²) in [6.45, 7) is 6.84. The summed E-state index contributed by atoms with van der Waals surface area (Å²) in [7, 11) is 3.38. The summed E-state index contributed by atoms with van der Waals surface area (Å²) in [6.07, 6.45) is 1.14. The predicted molar refractivity (Wildman–Crippen MR) is 127 cm³/mol. The van der Waals surface area contributed by atoms with Crippen LogP contribution in [-0.2, 0) is 6.54 Å². The maximum Gasteiger partial charge on any atom is 0.261 e.